The fraction of sp³-hybridized carbons (Fsp3) is 0.667. The summed E-state index contributed by atoms with van der Waals surface area (Å²) in [5, 5.41) is 6.77. The number of guanidine groups is 1. The molecule has 1 unspecified atom stereocenters. The van der Waals surface area contributed by atoms with Gasteiger partial charge in [0.15, 0.2) is 5.96 Å². The molecule has 0 aromatic heterocycles. The molecule has 1 atom stereocenters. The molecule has 1 saturated heterocycles. The molecular formula is C21H37IN4O. The van der Waals surface area contributed by atoms with E-state index in [9.17, 15) is 0 Å². The number of nitrogens with zero attached hydrogens (tertiary/aromatic N) is 2. The van der Waals surface area contributed by atoms with Crippen molar-refractivity contribution in [1.82, 2.24) is 15.5 Å². The summed E-state index contributed by atoms with van der Waals surface area (Å²) in [6.07, 6.45) is 2.67. The number of methoxy groups -OCH3 is 1. The molecular weight excluding hydrogens is 451 g/mol. The van der Waals surface area contributed by atoms with E-state index in [1.54, 1.807) is 14.2 Å². The minimum absolute atomic E-state index is 0. The zero-order valence-electron chi connectivity index (χ0n) is 17.5. The van der Waals surface area contributed by atoms with Crippen LogP contribution in [0.5, 0.6) is 0 Å². The van der Waals surface area contributed by atoms with Gasteiger partial charge in [0.25, 0.3) is 0 Å². The lowest BCUT2D eigenvalue weighted by atomic mass is 9.99. The van der Waals surface area contributed by atoms with Crippen LogP contribution in [0.15, 0.2) is 29.3 Å². The van der Waals surface area contributed by atoms with E-state index >= 15 is 0 Å². The summed E-state index contributed by atoms with van der Waals surface area (Å²) in [5.74, 6) is 1.61. The molecule has 1 aromatic carbocycles. The average Bonchev–Trinajstić information content (AvgIpc) is 2.63. The van der Waals surface area contributed by atoms with Crippen molar-refractivity contribution in [2.24, 2.45) is 10.9 Å². The Morgan fingerprint density at radius 2 is 1.96 bits per heavy atom. The second kappa shape index (κ2) is 11.9. The second-order valence-electron chi connectivity index (χ2n) is 7.99. The summed E-state index contributed by atoms with van der Waals surface area (Å²) in [5.41, 5.74) is 2.52. The summed E-state index contributed by atoms with van der Waals surface area (Å²) in [6, 6.07) is 8.71. The third-order valence-corrected chi connectivity index (χ3v) is 5.16. The van der Waals surface area contributed by atoms with E-state index in [0.29, 0.717) is 6.54 Å². The van der Waals surface area contributed by atoms with Crippen LogP contribution in [0.1, 0.15) is 44.7 Å². The summed E-state index contributed by atoms with van der Waals surface area (Å²) in [6.45, 7) is 11.4. The van der Waals surface area contributed by atoms with Crippen LogP contribution in [-0.4, -0.2) is 50.3 Å². The molecule has 2 rings (SSSR count). The Kier molecular flexibility index (Phi) is 10.6. The minimum Gasteiger partial charge on any atom is -0.377 e. The van der Waals surface area contributed by atoms with Crippen LogP contribution in [-0.2, 0) is 17.8 Å². The van der Waals surface area contributed by atoms with Gasteiger partial charge in [-0.25, -0.2) is 0 Å². The number of piperidine rings is 1. The molecule has 1 fully saturated rings. The molecule has 0 bridgehead atoms. The lowest BCUT2D eigenvalue weighted by Crippen LogP contribution is -2.45. The number of ether oxygens (including phenoxy) is 1. The van der Waals surface area contributed by atoms with Crippen LogP contribution in [0, 0.1) is 5.92 Å². The maximum absolute atomic E-state index is 5.46. The van der Waals surface area contributed by atoms with Crippen molar-refractivity contribution < 1.29 is 4.74 Å². The number of nitrogens with one attached hydrogen (secondary N) is 2. The Labute approximate surface area is 182 Å². The van der Waals surface area contributed by atoms with E-state index in [1.807, 2.05) is 0 Å². The van der Waals surface area contributed by atoms with Gasteiger partial charge in [-0.05, 0) is 50.3 Å². The number of hydrogen-bond acceptors (Lipinski definition) is 3. The summed E-state index contributed by atoms with van der Waals surface area (Å²) in [4.78, 5) is 6.91. The van der Waals surface area contributed by atoms with Gasteiger partial charge in [-0.1, -0.05) is 31.2 Å². The molecule has 1 aromatic rings. The minimum atomic E-state index is -0.222. The first-order valence-corrected chi connectivity index (χ1v) is 9.72. The molecule has 1 aliphatic heterocycles. The topological polar surface area (TPSA) is 48.9 Å². The van der Waals surface area contributed by atoms with Gasteiger partial charge in [0.2, 0.25) is 0 Å². The largest absolute Gasteiger partial charge is 0.377 e. The van der Waals surface area contributed by atoms with Gasteiger partial charge in [0.05, 0.1) is 5.60 Å². The van der Waals surface area contributed by atoms with Gasteiger partial charge in [-0.2, -0.15) is 0 Å². The van der Waals surface area contributed by atoms with Crippen molar-refractivity contribution >= 4 is 29.9 Å². The molecule has 154 valence electrons. The third kappa shape index (κ3) is 8.35. The van der Waals surface area contributed by atoms with E-state index < -0.39 is 0 Å². The molecule has 6 heteroatoms. The highest BCUT2D eigenvalue weighted by Crippen LogP contribution is 2.19. The number of hydrogen-bond donors (Lipinski definition) is 2. The van der Waals surface area contributed by atoms with Crippen LogP contribution in [0.3, 0.4) is 0 Å². The molecule has 1 aliphatic rings. The first kappa shape index (κ1) is 24.2. The van der Waals surface area contributed by atoms with Gasteiger partial charge in [0.1, 0.15) is 0 Å². The lowest BCUT2D eigenvalue weighted by Gasteiger charge is -2.31. The fourth-order valence-electron chi connectivity index (χ4n) is 3.32. The molecule has 0 amide bonds. The van der Waals surface area contributed by atoms with E-state index in [-0.39, 0.29) is 29.6 Å². The summed E-state index contributed by atoms with van der Waals surface area (Å²) < 4.78 is 5.46. The van der Waals surface area contributed by atoms with Gasteiger partial charge >= 0.3 is 0 Å². The maximum Gasteiger partial charge on any atom is 0.191 e. The van der Waals surface area contributed by atoms with E-state index in [0.717, 1.165) is 25.0 Å². The lowest BCUT2D eigenvalue weighted by molar-refractivity contribution is 0.0268. The molecule has 0 spiro atoms. The second-order valence-corrected chi connectivity index (χ2v) is 7.99. The fourth-order valence-corrected chi connectivity index (χ4v) is 3.32. The number of halogens is 1. The Balaban J connectivity index is 0.00000364. The van der Waals surface area contributed by atoms with Crippen molar-refractivity contribution in [3.63, 3.8) is 0 Å². The van der Waals surface area contributed by atoms with Crippen molar-refractivity contribution in [3.8, 4) is 0 Å². The number of aliphatic imine (C=N–C) groups is 1. The molecule has 0 radical (unpaired) electrons. The highest BCUT2D eigenvalue weighted by atomic mass is 127. The highest BCUT2D eigenvalue weighted by Gasteiger charge is 2.18. The van der Waals surface area contributed by atoms with E-state index in [4.69, 9.17) is 4.74 Å². The Hall–Kier alpha value is -0.860. The number of rotatable bonds is 7. The van der Waals surface area contributed by atoms with Crippen LogP contribution in [0.25, 0.3) is 0 Å². The van der Waals surface area contributed by atoms with E-state index in [2.05, 4.69) is 65.6 Å². The third-order valence-electron chi connectivity index (χ3n) is 5.16. The first-order valence-electron chi connectivity index (χ1n) is 9.72. The predicted octanol–water partition coefficient (Wildman–Crippen LogP) is 3.63. The SMILES string of the molecule is CN=C(NCc1ccccc1CN1CCCC(C)C1)NCC(C)(C)OC.I. The molecule has 1 heterocycles. The summed E-state index contributed by atoms with van der Waals surface area (Å²) in [7, 11) is 3.53. The van der Waals surface area contributed by atoms with Crippen LogP contribution in [0.2, 0.25) is 0 Å². The standard InChI is InChI=1S/C21H36N4O.HI/c1-17-9-8-12-25(14-17)15-19-11-7-6-10-18(19)13-23-20(22-4)24-16-21(2,3)26-5;/h6-7,10-11,17H,8-9,12-16H2,1-5H3,(H2,22,23,24);1H. The molecule has 5 nitrogen and oxygen atoms in total. The molecule has 27 heavy (non-hydrogen) atoms. The van der Waals surface area contributed by atoms with Gasteiger partial charge in [-0.15, -0.1) is 24.0 Å². The van der Waals surface area contributed by atoms with E-state index in [1.165, 1.54) is 37.1 Å². The zero-order valence-corrected chi connectivity index (χ0v) is 19.9. The van der Waals surface area contributed by atoms with Crippen LogP contribution >= 0.6 is 24.0 Å². The smallest absolute Gasteiger partial charge is 0.191 e. The number of benzene rings is 1. The Bertz CT molecular complexity index is 591. The van der Waals surface area contributed by atoms with Crippen molar-refractivity contribution in [1.29, 1.82) is 0 Å². The first-order chi connectivity index (χ1) is 12.4. The highest BCUT2D eigenvalue weighted by molar-refractivity contribution is 14.0. The maximum atomic E-state index is 5.46. The Morgan fingerprint density at radius 3 is 2.59 bits per heavy atom. The molecule has 2 N–H and O–H groups in total. The molecule has 0 aliphatic carbocycles. The summed E-state index contributed by atoms with van der Waals surface area (Å²) >= 11 is 0. The van der Waals surface area contributed by atoms with Crippen molar-refractivity contribution in [2.75, 3.05) is 33.8 Å². The Morgan fingerprint density at radius 1 is 1.26 bits per heavy atom. The zero-order chi connectivity index (χ0) is 19.0. The molecule has 0 saturated carbocycles. The normalized spacial score (nSPS) is 18.7. The van der Waals surface area contributed by atoms with Crippen molar-refractivity contribution in [2.45, 2.75) is 52.3 Å². The van der Waals surface area contributed by atoms with Crippen LogP contribution < -0.4 is 10.6 Å². The van der Waals surface area contributed by atoms with Crippen molar-refractivity contribution in [3.05, 3.63) is 35.4 Å². The number of likely N-dealkylation sites (tertiary alicyclic amines) is 1. The quantitative estimate of drug-likeness (QED) is 0.350. The predicted molar refractivity (Wildman–Crippen MR) is 125 cm³/mol. The van der Waals surface area contributed by atoms with Gasteiger partial charge < -0.3 is 15.4 Å². The van der Waals surface area contributed by atoms with Gasteiger partial charge in [0, 0.05) is 40.3 Å². The van der Waals surface area contributed by atoms with Gasteiger partial charge in [-0.3, -0.25) is 9.89 Å². The average molecular weight is 488 g/mol. The van der Waals surface area contributed by atoms with Crippen LogP contribution in [0.4, 0.5) is 0 Å². The monoisotopic (exact) mass is 488 g/mol.